The normalized spacial score (nSPS) is 24.0. The largest absolute Gasteiger partial charge is 0.491 e. The van der Waals surface area contributed by atoms with Crippen molar-refractivity contribution in [3.05, 3.63) is 35.9 Å². The molecule has 1 aromatic rings. The number of nitrogens with one attached hydrogen (secondary N) is 1. The molecular weight excluding hydrogens is 234 g/mol. The summed E-state index contributed by atoms with van der Waals surface area (Å²) in [5, 5.41) is 3.55. The van der Waals surface area contributed by atoms with Gasteiger partial charge in [-0.25, -0.2) is 0 Å². The number of hydrogen-bond donors (Lipinski definition) is 1. The molecule has 0 amide bonds. The summed E-state index contributed by atoms with van der Waals surface area (Å²) in [5.74, 6) is 1.77. The molecular formula is C17H25NO. The Bertz CT molecular complexity index is 408. The van der Waals surface area contributed by atoms with E-state index in [0.29, 0.717) is 6.04 Å². The third kappa shape index (κ3) is 4.71. The van der Waals surface area contributed by atoms with Crippen molar-refractivity contribution in [2.45, 2.75) is 45.8 Å². The fourth-order valence-electron chi connectivity index (χ4n) is 2.45. The molecule has 0 radical (unpaired) electrons. The average Bonchev–Trinajstić information content (AvgIpc) is 2.37. The minimum atomic E-state index is 0.231. The third-order valence-corrected chi connectivity index (χ3v) is 3.47. The Morgan fingerprint density at radius 2 is 2.00 bits per heavy atom. The lowest BCUT2D eigenvalue weighted by molar-refractivity contribution is 0.242. The Hall–Kier alpha value is -1.28. The van der Waals surface area contributed by atoms with Gasteiger partial charge in [0.15, 0.2) is 0 Å². The first-order valence-electron chi connectivity index (χ1n) is 7.32. The zero-order valence-electron chi connectivity index (χ0n) is 12.2. The van der Waals surface area contributed by atoms with Crippen molar-refractivity contribution < 1.29 is 4.74 Å². The van der Waals surface area contributed by atoms with Crippen LogP contribution >= 0.6 is 0 Å². The highest BCUT2D eigenvalue weighted by molar-refractivity contribution is 5.51. The maximum Gasteiger partial charge on any atom is 0.119 e. The van der Waals surface area contributed by atoms with Crippen LogP contribution < -0.4 is 10.1 Å². The van der Waals surface area contributed by atoms with Gasteiger partial charge in [-0.3, -0.25) is 0 Å². The van der Waals surface area contributed by atoms with Crippen molar-refractivity contribution in [3.8, 4) is 5.75 Å². The molecule has 1 N–H and O–H groups in total. The fourth-order valence-corrected chi connectivity index (χ4v) is 2.45. The molecule has 2 nitrogen and oxygen atoms in total. The van der Waals surface area contributed by atoms with Crippen molar-refractivity contribution in [3.63, 3.8) is 0 Å². The van der Waals surface area contributed by atoms with Crippen molar-refractivity contribution in [2.24, 2.45) is 5.92 Å². The second-order valence-corrected chi connectivity index (χ2v) is 5.78. The molecule has 2 atom stereocenters. The SMILES string of the molecule is CC1CCNC(/C=C/c2ccc(OC(C)C)cc2)C1. The van der Waals surface area contributed by atoms with E-state index in [1.165, 1.54) is 18.4 Å². The second kappa shape index (κ2) is 6.76. The zero-order valence-corrected chi connectivity index (χ0v) is 12.2. The number of rotatable bonds is 4. The number of piperidine rings is 1. The van der Waals surface area contributed by atoms with Crippen LogP contribution in [0.3, 0.4) is 0 Å². The predicted molar refractivity (Wildman–Crippen MR) is 81.4 cm³/mol. The molecule has 0 aliphatic carbocycles. The van der Waals surface area contributed by atoms with Crippen LogP contribution in [-0.4, -0.2) is 18.7 Å². The predicted octanol–water partition coefficient (Wildman–Crippen LogP) is 3.88. The minimum absolute atomic E-state index is 0.231. The summed E-state index contributed by atoms with van der Waals surface area (Å²) in [7, 11) is 0. The van der Waals surface area contributed by atoms with E-state index >= 15 is 0 Å². The maximum absolute atomic E-state index is 5.64. The maximum atomic E-state index is 5.64. The molecule has 1 heterocycles. The van der Waals surface area contributed by atoms with Crippen LogP contribution in [-0.2, 0) is 0 Å². The lowest BCUT2D eigenvalue weighted by Gasteiger charge is -2.25. The quantitative estimate of drug-likeness (QED) is 0.886. The monoisotopic (exact) mass is 259 g/mol. The first-order chi connectivity index (χ1) is 9.13. The average molecular weight is 259 g/mol. The van der Waals surface area contributed by atoms with Gasteiger partial charge in [0.2, 0.25) is 0 Å². The summed E-state index contributed by atoms with van der Waals surface area (Å²) in [5.41, 5.74) is 1.23. The summed E-state index contributed by atoms with van der Waals surface area (Å²) in [4.78, 5) is 0. The summed E-state index contributed by atoms with van der Waals surface area (Å²) >= 11 is 0. The Morgan fingerprint density at radius 3 is 2.63 bits per heavy atom. The highest BCUT2D eigenvalue weighted by Gasteiger charge is 2.15. The van der Waals surface area contributed by atoms with Gasteiger partial charge in [-0.05, 0) is 56.8 Å². The summed E-state index contributed by atoms with van der Waals surface area (Å²) < 4.78 is 5.64. The van der Waals surface area contributed by atoms with E-state index in [0.717, 1.165) is 18.2 Å². The van der Waals surface area contributed by atoms with Gasteiger partial charge >= 0.3 is 0 Å². The standard InChI is InChI=1S/C17H25NO/c1-13(2)19-17-8-5-15(6-9-17)4-7-16-12-14(3)10-11-18-16/h4-9,13-14,16,18H,10-12H2,1-3H3/b7-4+. The van der Waals surface area contributed by atoms with Crippen LogP contribution in [0.1, 0.15) is 39.2 Å². The Balaban J connectivity index is 1.91. The van der Waals surface area contributed by atoms with Crippen molar-refractivity contribution in [1.82, 2.24) is 5.32 Å². The van der Waals surface area contributed by atoms with Crippen molar-refractivity contribution in [2.75, 3.05) is 6.54 Å². The Morgan fingerprint density at radius 1 is 1.26 bits per heavy atom. The lowest BCUT2D eigenvalue weighted by atomic mass is 9.94. The van der Waals surface area contributed by atoms with E-state index in [1.54, 1.807) is 0 Å². The van der Waals surface area contributed by atoms with Gasteiger partial charge < -0.3 is 10.1 Å². The first-order valence-corrected chi connectivity index (χ1v) is 7.32. The van der Waals surface area contributed by atoms with Gasteiger partial charge in [-0.1, -0.05) is 31.2 Å². The van der Waals surface area contributed by atoms with Gasteiger partial charge in [-0.2, -0.15) is 0 Å². The van der Waals surface area contributed by atoms with Gasteiger partial charge in [0.1, 0.15) is 5.75 Å². The van der Waals surface area contributed by atoms with Crippen LogP contribution in [0.5, 0.6) is 5.75 Å². The van der Waals surface area contributed by atoms with E-state index in [-0.39, 0.29) is 6.10 Å². The highest BCUT2D eigenvalue weighted by Crippen LogP contribution is 2.18. The zero-order chi connectivity index (χ0) is 13.7. The number of hydrogen-bond acceptors (Lipinski definition) is 2. The van der Waals surface area contributed by atoms with E-state index < -0.39 is 0 Å². The highest BCUT2D eigenvalue weighted by atomic mass is 16.5. The van der Waals surface area contributed by atoms with Crippen LogP contribution in [0.25, 0.3) is 6.08 Å². The molecule has 2 rings (SSSR count). The molecule has 1 saturated heterocycles. The van der Waals surface area contributed by atoms with E-state index in [4.69, 9.17) is 4.74 Å². The van der Waals surface area contributed by atoms with E-state index in [1.807, 2.05) is 26.0 Å². The fraction of sp³-hybridized carbons (Fsp3) is 0.529. The third-order valence-electron chi connectivity index (χ3n) is 3.47. The van der Waals surface area contributed by atoms with Crippen LogP contribution in [0, 0.1) is 5.92 Å². The molecule has 0 aromatic heterocycles. The molecule has 19 heavy (non-hydrogen) atoms. The smallest absolute Gasteiger partial charge is 0.119 e. The molecule has 1 aliphatic heterocycles. The van der Waals surface area contributed by atoms with Crippen LogP contribution in [0.4, 0.5) is 0 Å². The summed E-state index contributed by atoms with van der Waals surface area (Å²) in [6.07, 6.45) is 7.26. The molecule has 0 saturated carbocycles. The number of ether oxygens (including phenoxy) is 1. The van der Waals surface area contributed by atoms with E-state index in [9.17, 15) is 0 Å². The topological polar surface area (TPSA) is 21.3 Å². The molecule has 2 unspecified atom stereocenters. The molecule has 1 fully saturated rings. The van der Waals surface area contributed by atoms with Crippen molar-refractivity contribution in [1.29, 1.82) is 0 Å². The lowest BCUT2D eigenvalue weighted by Crippen LogP contribution is -2.35. The summed E-state index contributed by atoms with van der Waals surface area (Å²) in [6, 6.07) is 8.82. The van der Waals surface area contributed by atoms with Crippen molar-refractivity contribution >= 4 is 6.08 Å². The van der Waals surface area contributed by atoms with Gasteiger partial charge in [-0.15, -0.1) is 0 Å². The first kappa shape index (κ1) is 14.1. The molecule has 0 bridgehead atoms. The molecule has 2 heteroatoms. The minimum Gasteiger partial charge on any atom is -0.491 e. The van der Waals surface area contributed by atoms with Gasteiger partial charge in [0, 0.05) is 6.04 Å². The van der Waals surface area contributed by atoms with Gasteiger partial charge in [0.25, 0.3) is 0 Å². The summed E-state index contributed by atoms with van der Waals surface area (Å²) in [6.45, 7) is 7.56. The molecule has 0 spiro atoms. The Kier molecular flexibility index (Phi) is 5.03. The van der Waals surface area contributed by atoms with Crippen LogP contribution in [0.15, 0.2) is 30.3 Å². The molecule has 104 valence electrons. The number of benzene rings is 1. The second-order valence-electron chi connectivity index (χ2n) is 5.78. The Labute approximate surface area is 116 Å². The van der Waals surface area contributed by atoms with Gasteiger partial charge in [0.05, 0.1) is 6.10 Å². The van der Waals surface area contributed by atoms with Crippen LogP contribution in [0.2, 0.25) is 0 Å². The van der Waals surface area contributed by atoms with E-state index in [2.05, 4.69) is 36.5 Å². The molecule has 1 aromatic carbocycles. The molecule has 1 aliphatic rings.